The molecule has 0 unspecified atom stereocenters. The molecule has 0 spiro atoms. The van der Waals surface area contributed by atoms with E-state index in [1.807, 2.05) is 12.1 Å². The fourth-order valence-corrected chi connectivity index (χ4v) is 2.46. The molecule has 0 aliphatic heterocycles. The number of phenols is 1. The number of phenolic OH excluding ortho intramolecular Hbond substituents is 1. The molecule has 0 amide bonds. The molecule has 5 heteroatoms. The van der Waals surface area contributed by atoms with Crippen LogP contribution < -0.4 is 0 Å². The summed E-state index contributed by atoms with van der Waals surface area (Å²) >= 11 is 0. The molecule has 0 saturated heterocycles. The van der Waals surface area contributed by atoms with Crippen molar-refractivity contribution in [3.8, 4) is 17.0 Å². The van der Waals surface area contributed by atoms with Gasteiger partial charge in [-0.3, -0.25) is 0 Å². The molecule has 0 atom stereocenters. The predicted octanol–water partition coefficient (Wildman–Crippen LogP) is 3.59. The fourth-order valence-electron chi connectivity index (χ4n) is 2.46. The Labute approximate surface area is 123 Å². The molecular formula is C16H20N2O3. The average molecular weight is 288 g/mol. The van der Waals surface area contributed by atoms with E-state index in [0.717, 1.165) is 36.2 Å². The zero-order chi connectivity index (χ0) is 15.2. The van der Waals surface area contributed by atoms with Crippen LogP contribution in [0.2, 0.25) is 0 Å². The van der Waals surface area contributed by atoms with Crippen molar-refractivity contribution in [2.45, 2.75) is 32.7 Å². The minimum atomic E-state index is -0.125. The van der Waals surface area contributed by atoms with Crippen molar-refractivity contribution in [2.24, 2.45) is 5.18 Å². The number of nitrogens with zero attached hydrogens (tertiary/aromatic N) is 2. The number of rotatable bonds is 7. The normalized spacial score (nSPS) is 10.8. The average Bonchev–Trinajstić information content (AvgIpc) is 2.89. The smallest absolute Gasteiger partial charge is 0.150 e. The highest BCUT2D eigenvalue weighted by atomic mass is 16.3. The lowest BCUT2D eigenvalue weighted by atomic mass is 10.1. The van der Waals surface area contributed by atoms with E-state index in [9.17, 15) is 15.1 Å². The monoisotopic (exact) mass is 288 g/mol. The molecule has 2 aromatic rings. The van der Waals surface area contributed by atoms with Crippen LogP contribution in [0.3, 0.4) is 0 Å². The van der Waals surface area contributed by atoms with Crippen LogP contribution in [0.4, 0.5) is 5.69 Å². The second-order valence-electron chi connectivity index (χ2n) is 4.98. The van der Waals surface area contributed by atoms with Gasteiger partial charge in [0, 0.05) is 23.5 Å². The van der Waals surface area contributed by atoms with Crippen molar-refractivity contribution in [2.75, 3.05) is 6.61 Å². The lowest BCUT2D eigenvalue weighted by Crippen LogP contribution is -2.08. The maximum Gasteiger partial charge on any atom is 0.150 e. The first-order valence-electron chi connectivity index (χ1n) is 7.17. The van der Waals surface area contributed by atoms with Gasteiger partial charge >= 0.3 is 0 Å². The van der Waals surface area contributed by atoms with Crippen LogP contribution in [0, 0.1) is 4.91 Å². The third-order valence-corrected chi connectivity index (χ3v) is 3.55. The fraction of sp³-hybridized carbons (Fsp3) is 0.375. The molecule has 1 aromatic heterocycles. The van der Waals surface area contributed by atoms with Gasteiger partial charge in [0.05, 0.1) is 6.61 Å². The summed E-state index contributed by atoms with van der Waals surface area (Å²) in [5.74, 6) is -0.125. The summed E-state index contributed by atoms with van der Waals surface area (Å²) in [5.41, 5.74) is 2.91. The van der Waals surface area contributed by atoms with E-state index in [2.05, 4.69) is 16.7 Å². The zero-order valence-corrected chi connectivity index (χ0v) is 12.1. The highest BCUT2D eigenvalue weighted by molar-refractivity contribution is 5.68. The van der Waals surface area contributed by atoms with E-state index in [4.69, 9.17) is 0 Å². The molecule has 2 rings (SSSR count). The van der Waals surface area contributed by atoms with Crippen molar-refractivity contribution < 1.29 is 10.2 Å². The predicted molar refractivity (Wildman–Crippen MR) is 82.7 cm³/mol. The molecule has 0 aliphatic rings. The largest absolute Gasteiger partial charge is 0.506 e. The maximum absolute atomic E-state index is 10.7. The Morgan fingerprint density at radius 3 is 2.71 bits per heavy atom. The first-order chi connectivity index (χ1) is 10.2. The first kappa shape index (κ1) is 15.3. The summed E-state index contributed by atoms with van der Waals surface area (Å²) in [4.78, 5) is 10.7. The van der Waals surface area contributed by atoms with Crippen LogP contribution in [0.25, 0.3) is 11.3 Å². The molecule has 5 nitrogen and oxygen atoms in total. The quantitative estimate of drug-likeness (QED) is 0.764. The Bertz CT molecular complexity index is 620. The number of aliphatic hydroxyl groups is 1. The Morgan fingerprint density at radius 2 is 2.05 bits per heavy atom. The summed E-state index contributed by atoms with van der Waals surface area (Å²) in [6, 6.07) is 8.79. The van der Waals surface area contributed by atoms with Crippen LogP contribution in [0.5, 0.6) is 5.75 Å². The van der Waals surface area contributed by atoms with Gasteiger partial charge in [-0.25, -0.2) is 0 Å². The second-order valence-corrected chi connectivity index (χ2v) is 4.98. The number of hydrogen-bond donors (Lipinski definition) is 2. The van der Waals surface area contributed by atoms with Crippen molar-refractivity contribution >= 4 is 5.69 Å². The Hall–Kier alpha value is -2.14. The maximum atomic E-state index is 10.7. The van der Waals surface area contributed by atoms with Gasteiger partial charge in [-0.1, -0.05) is 13.3 Å². The van der Waals surface area contributed by atoms with E-state index >= 15 is 0 Å². The van der Waals surface area contributed by atoms with Gasteiger partial charge in [0.1, 0.15) is 11.4 Å². The molecule has 0 saturated carbocycles. The van der Waals surface area contributed by atoms with E-state index in [-0.39, 0.29) is 18.0 Å². The SMILES string of the molecule is CCCCc1ccc(-c2ccc(O)c(N=O)c2)n1CCO. The summed E-state index contributed by atoms with van der Waals surface area (Å²) in [6.07, 6.45) is 3.15. The number of aromatic hydroxyl groups is 1. The van der Waals surface area contributed by atoms with Crippen molar-refractivity contribution in [1.82, 2.24) is 4.57 Å². The molecule has 112 valence electrons. The Kier molecular flexibility index (Phi) is 5.11. The van der Waals surface area contributed by atoms with Gasteiger partial charge in [-0.15, -0.1) is 4.91 Å². The van der Waals surface area contributed by atoms with E-state index < -0.39 is 0 Å². The number of benzene rings is 1. The van der Waals surface area contributed by atoms with Gasteiger partial charge in [0.15, 0.2) is 0 Å². The van der Waals surface area contributed by atoms with E-state index in [1.54, 1.807) is 12.1 Å². The lowest BCUT2D eigenvalue weighted by Gasteiger charge is -2.13. The standard InChI is InChI=1S/C16H20N2O3/c1-2-3-4-13-6-7-15(18(13)9-10-19)12-5-8-16(20)14(11-12)17-21/h5-8,11,19-20H,2-4,9-10H2,1H3. The molecule has 0 aliphatic carbocycles. The van der Waals surface area contributed by atoms with Crippen LogP contribution in [-0.4, -0.2) is 21.4 Å². The Balaban J connectivity index is 2.42. The van der Waals surface area contributed by atoms with Crippen LogP contribution >= 0.6 is 0 Å². The number of nitroso groups, excluding NO2 is 1. The molecule has 0 radical (unpaired) electrons. The summed E-state index contributed by atoms with van der Waals surface area (Å²) in [7, 11) is 0. The third kappa shape index (κ3) is 3.31. The van der Waals surface area contributed by atoms with Crippen molar-refractivity contribution in [3.63, 3.8) is 0 Å². The second kappa shape index (κ2) is 7.04. The number of hydrogen-bond acceptors (Lipinski definition) is 4. The van der Waals surface area contributed by atoms with Gasteiger partial charge in [-0.2, -0.15) is 0 Å². The number of aryl methyl sites for hydroxylation is 1. The number of unbranched alkanes of at least 4 members (excludes halogenated alkanes) is 1. The summed E-state index contributed by atoms with van der Waals surface area (Å²) in [5, 5.41) is 21.6. The van der Waals surface area contributed by atoms with Gasteiger partial charge in [0.2, 0.25) is 0 Å². The van der Waals surface area contributed by atoms with Crippen LogP contribution in [-0.2, 0) is 13.0 Å². The zero-order valence-electron chi connectivity index (χ0n) is 12.1. The van der Waals surface area contributed by atoms with E-state index in [1.165, 1.54) is 6.07 Å². The van der Waals surface area contributed by atoms with Crippen LogP contribution in [0.1, 0.15) is 25.5 Å². The van der Waals surface area contributed by atoms with Gasteiger partial charge < -0.3 is 14.8 Å². The van der Waals surface area contributed by atoms with Gasteiger partial charge in [-0.05, 0) is 48.4 Å². The minimum absolute atomic E-state index is 0.0272. The minimum Gasteiger partial charge on any atom is -0.506 e. The van der Waals surface area contributed by atoms with E-state index in [0.29, 0.717) is 6.54 Å². The van der Waals surface area contributed by atoms with Crippen molar-refractivity contribution in [3.05, 3.63) is 40.9 Å². The molecule has 1 aromatic carbocycles. The number of aromatic nitrogens is 1. The molecule has 0 bridgehead atoms. The van der Waals surface area contributed by atoms with Crippen LogP contribution in [0.15, 0.2) is 35.5 Å². The molecule has 21 heavy (non-hydrogen) atoms. The first-order valence-corrected chi connectivity index (χ1v) is 7.17. The summed E-state index contributed by atoms with van der Waals surface area (Å²) < 4.78 is 2.05. The molecule has 0 fully saturated rings. The lowest BCUT2D eigenvalue weighted by molar-refractivity contribution is 0.275. The van der Waals surface area contributed by atoms with Crippen molar-refractivity contribution in [1.29, 1.82) is 0 Å². The topological polar surface area (TPSA) is 74.8 Å². The number of aliphatic hydroxyl groups excluding tert-OH is 1. The molecule has 1 heterocycles. The summed E-state index contributed by atoms with van der Waals surface area (Å²) in [6.45, 7) is 2.70. The van der Waals surface area contributed by atoms with Gasteiger partial charge in [0.25, 0.3) is 0 Å². The molecular weight excluding hydrogens is 268 g/mol. The highest BCUT2D eigenvalue weighted by Crippen LogP contribution is 2.32. The molecule has 2 N–H and O–H groups in total. The third-order valence-electron chi connectivity index (χ3n) is 3.55. The Morgan fingerprint density at radius 1 is 1.24 bits per heavy atom. The highest BCUT2D eigenvalue weighted by Gasteiger charge is 2.12.